The first-order chi connectivity index (χ1) is 46.2. The van der Waals surface area contributed by atoms with E-state index in [4.69, 9.17) is 28.7 Å². The summed E-state index contributed by atoms with van der Waals surface area (Å²) in [7, 11) is 0. The Hall–Kier alpha value is -9.65. The van der Waals surface area contributed by atoms with Crippen LogP contribution in [0.15, 0.2) is 35.5 Å². The van der Waals surface area contributed by atoms with Gasteiger partial charge in [0.15, 0.2) is 5.96 Å². The molecule has 0 radical (unpaired) electrons. The number of carboxylic acids is 2. The van der Waals surface area contributed by atoms with Crippen LogP contribution in [0.3, 0.4) is 0 Å². The molecule has 36 nitrogen and oxygen atoms in total. The van der Waals surface area contributed by atoms with Crippen LogP contribution in [0.1, 0.15) is 118 Å². The summed E-state index contributed by atoms with van der Waals surface area (Å²) in [5, 5.41) is 54.4. The van der Waals surface area contributed by atoms with Gasteiger partial charge in [-0.15, -0.1) is 0 Å². The predicted octanol–water partition coefficient (Wildman–Crippen LogP) is -5.49. The molecule has 37 heteroatoms. The summed E-state index contributed by atoms with van der Waals surface area (Å²) >= 11 is 1.35. The minimum Gasteiger partial charge on any atom is -0.481 e. The number of aromatic amines is 1. The number of likely N-dealkylation sites (tertiary alicyclic amines) is 1. The summed E-state index contributed by atoms with van der Waals surface area (Å²) in [4.78, 5) is 209. The van der Waals surface area contributed by atoms with Gasteiger partial charge in [-0.1, -0.05) is 58.7 Å². The second-order valence-electron chi connectivity index (χ2n) is 24.0. The van der Waals surface area contributed by atoms with Gasteiger partial charge < -0.3 is 107 Å². The fourth-order valence-electron chi connectivity index (χ4n) is 10.2. The fourth-order valence-corrected chi connectivity index (χ4v) is 10.7. The van der Waals surface area contributed by atoms with Crippen molar-refractivity contribution in [2.24, 2.45) is 45.5 Å². The number of aliphatic imine (C=N–C) groups is 1. The minimum absolute atomic E-state index is 0.0182. The summed E-state index contributed by atoms with van der Waals surface area (Å²) in [6.07, 6.45) is 1.36. The number of hydrogen-bond donors (Lipinski definition) is 19. The first kappa shape index (κ1) is 82.6. The number of rotatable bonds is 43. The molecule has 1 aromatic heterocycles. The van der Waals surface area contributed by atoms with Gasteiger partial charge in [0.1, 0.15) is 66.5 Å². The maximum atomic E-state index is 14.8. The van der Waals surface area contributed by atoms with Crippen molar-refractivity contribution in [1.82, 2.24) is 63.1 Å². The monoisotopic (exact) mass is 1400 g/mol. The number of aliphatic hydroxyl groups is 1. The molecule has 0 unspecified atom stereocenters. The first-order valence-corrected chi connectivity index (χ1v) is 33.4. The van der Waals surface area contributed by atoms with E-state index in [1.54, 1.807) is 64.4 Å². The van der Waals surface area contributed by atoms with Gasteiger partial charge in [0.25, 0.3) is 0 Å². The van der Waals surface area contributed by atoms with Gasteiger partial charge in [0.2, 0.25) is 76.8 Å². The Balaban J connectivity index is 1.89. The van der Waals surface area contributed by atoms with Crippen LogP contribution in [0.5, 0.6) is 0 Å². The van der Waals surface area contributed by atoms with Crippen LogP contribution in [-0.4, -0.2) is 224 Å². The maximum Gasteiger partial charge on any atom is 0.326 e. The average molecular weight is 1400 g/mol. The number of nitrogens with one attached hydrogen (secondary N) is 11. The van der Waals surface area contributed by atoms with E-state index in [0.29, 0.717) is 35.1 Å². The van der Waals surface area contributed by atoms with E-state index in [1.807, 2.05) is 0 Å². The molecule has 544 valence electrons. The summed E-state index contributed by atoms with van der Waals surface area (Å²) in [5.74, 6) is -16.8. The van der Waals surface area contributed by atoms with Gasteiger partial charge in [0, 0.05) is 43.0 Å². The molecule has 98 heavy (non-hydrogen) atoms. The van der Waals surface area contributed by atoms with Crippen molar-refractivity contribution < 1.29 is 87.2 Å². The number of carboxylic acid groups (broad SMARTS) is 2. The Morgan fingerprint density at radius 2 is 1.12 bits per heavy atom. The van der Waals surface area contributed by atoms with E-state index >= 15 is 0 Å². The lowest BCUT2D eigenvalue weighted by Gasteiger charge is -2.33. The third-order valence-electron chi connectivity index (χ3n) is 16.3. The lowest BCUT2D eigenvalue weighted by atomic mass is 9.96. The molecule has 1 aromatic carbocycles. The number of H-pyrrole nitrogens is 1. The Morgan fingerprint density at radius 3 is 1.69 bits per heavy atom. The molecule has 2 aromatic rings. The van der Waals surface area contributed by atoms with Crippen LogP contribution < -0.4 is 81.8 Å². The molecule has 1 aliphatic rings. The number of primary amides is 2. The van der Waals surface area contributed by atoms with Crippen LogP contribution in [0.25, 0.3) is 10.9 Å². The number of carbonyl (C=O) groups is 15. The standard InChI is InChI=1S/C61H96N18O18S/c1-8-29(3)47(77-51(87)35(62)15-12-21-67-61(65)66)58(94)75-40(25-44(63)81)54(90)73-41(26-45(64)82)55(91)78-48(30(4)9-2)59(95)79-22-13-17-43(79)57(93)74-39(24-33-27-68-36-16-11-10-14-34(33)36)53(89)76-42(28-80)56(92)71-37(18-19-46(83)84)52(88)70-31(5)49(85)69-32(6)50(86)72-38(60(96)97)20-23-98-7/h10-11,14,16,27,29-32,35,37-43,47-48,68,80H,8-9,12-13,15,17-26,28,62H2,1-7H3,(H2,63,81)(H2,64,82)(H,69,85)(H,70,88)(H,71,92)(H,72,86)(H,73,90)(H,74,93)(H,75,94)(H,76,89)(H,77,87)(H,78,91)(H,83,84)(H,96,97)(H4,65,66,67)/t29-,30-,31-,32-,35-,37-,38-,39-,40-,41-,42-,43-,47-,48-/m0/s1. The highest BCUT2D eigenvalue weighted by Gasteiger charge is 2.43. The average Bonchev–Trinajstić information content (AvgIpc) is 1.59. The zero-order valence-corrected chi connectivity index (χ0v) is 56.8. The van der Waals surface area contributed by atoms with E-state index in [9.17, 15) is 87.2 Å². The molecule has 2 heterocycles. The molecule has 0 spiro atoms. The molecule has 0 bridgehead atoms. The summed E-state index contributed by atoms with van der Waals surface area (Å²) in [6.45, 7) is 8.09. The Morgan fingerprint density at radius 1 is 0.612 bits per heavy atom. The zero-order chi connectivity index (χ0) is 73.7. The number of fused-ring (bicyclic) bond motifs is 1. The number of carbonyl (C=O) groups excluding carboxylic acids is 13. The number of aromatic nitrogens is 1. The lowest BCUT2D eigenvalue weighted by molar-refractivity contribution is -0.144. The maximum absolute atomic E-state index is 14.8. The smallest absolute Gasteiger partial charge is 0.326 e. The lowest BCUT2D eigenvalue weighted by Crippen LogP contribution is -2.62. The molecule has 0 saturated carbocycles. The SMILES string of the molecule is CC[C@H](C)[C@H](NC(=O)[C@@H](N)CCCN=C(N)N)C(=O)N[C@@H](CC(N)=O)C(=O)N[C@@H](CC(N)=O)C(=O)N[C@H](C(=O)N1CCC[C@H]1C(=O)N[C@@H](Cc1c[nH]c2ccccc12)C(=O)N[C@@H](CO)C(=O)N[C@@H](CCC(=O)O)C(=O)N[C@@H](C)C(=O)N[C@@H](C)C(=O)N[C@@H](CCSC)C(=O)O)[C@@H](C)CC. The zero-order valence-electron chi connectivity index (χ0n) is 55.9. The largest absolute Gasteiger partial charge is 0.481 e. The van der Waals surface area contributed by atoms with Crippen molar-refractivity contribution in [1.29, 1.82) is 0 Å². The molecule has 1 aliphatic heterocycles. The van der Waals surface area contributed by atoms with Gasteiger partial charge >= 0.3 is 11.9 Å². The quantitative estimate of drug-likeness (QED) is 0.0167. The molecule has 0 aliphatic carbocycles. The van der Waals surface area contributed by atoms with Gasteiger partial charge in [0.05, 0.1) is 25.5 Å². The number of benzene rings is 1. The fraction of sp³-hybridized carbons (Fsp3) is 0.607. The number of amides is 13. The van der Waals surface area contributed by atoms with Gasteiger partial charge in [-0.25, -0.2) is 4.79 Å². The summed E-state index contributed by atoms with van der Waals surface area (Å²) in [6, 6.07) is -11.2. The van der Waals surface area contributed by atoms with Crippen molar-refractivity contribution >= 4 is 117 Å². The highest BCUT2D eigenvalue weighted by atomic mass is 32.2. The van der Waals surface area contributed by atoms with Crippen LogP contribution in [0, 0.1) is 11.8 Å². The number of guanidine groups is 1. The Labute approximate surface area is 569 Å². The molecule has 24 N–H and O–H groups in total. The van der Waals surface area contributed by atoms with Gasteiger partial charge in [-0.3, -0.25) is 72.1 Å². The molecule has 14 atom stereocenters. The van der Waals surface area contributed by atoms with Crippen molar-refractivity contribution in [3.63, 3.8) is 0 Å². The van der Waals surface area contributed by atoms with Gasteiger partial charge in [-0.05, 0) is 87.8 Å². The van der Waals surface area contributed by atoms with Crippen molar-refractivity contribution in [2.45, 2.75) is 191 Å². The molecule has 1 saturated heterocycles. The number of thioether (sulfide) groups is 1. The molecular formula is C61H96N18O18S. The Kier molecular flexibility index (Phi) is 34.4. The predicted molar refractivity (Wildman–Crippen MR) is 356 cm³/mol. The van der Waals surface area contributed by atoms with Crippen molar-refractivity contribution in [3.05, 3.63) is 36.0 Å². The normalized spacial score (nSPS) is 16.7. The van der Waals surface area contributed by atoms with E-state index in [0.717, 1.165) is 0 Å². The number of nitrogens with zero attached hydrogens (tertiary/aromatic N) is 2. The van der Waals surface area contributed by atoms with E-state index in [-0.39, 0.29) is 57.6 Å². The topological polar surface area (TPSA) is 599 Å². The van der Waals surface area contributed by atoms with Crippen LogP contribution in [0.4, 0.5) is 0 Å². The number of hydrogen-bond acceptors (Lipinski definition) is 19. The van der Waals surface area contributed by atoms with Crippen molar-refractivity contribution in [3.8, 4) is 0 Å². The van der Waals surface area contributed by atoms with E-state index in [2.05, 4.69) is 63.1 Å². The second kappa shape index (κ2) is 40.8. The molecule has 1 fully saturated rings. The number of para-hydroxylation sites is 1. The first-order valence-electron chi connectivity index (χ1n) is 32.0. The third kappa shape index (κ3) is 26.4. The molecule has 3 rings (SSSR count). The highest BCUT2D eigenvalue weighted by molar-refractivity contribution is 7.98. The van der Waals surface area contributed by atoms with E-state index in [1.165, 1.54) is 30.5 Å². The van der Waals surface area contributed by atoms with Crippen LogP contribution in [0.2, 0.25) is 0 Å². The molecule has 13 amide bonds. The summed E-state index contributed by atoms with van der Waals surface area (Å²) < 4.78 is 0. The number of aliphatic carboxylic acids is 2. The van der Waals surface area contributed by atoms with Crippen LogP contribution >= 0.6 is 11.8 Å². The summed E-state index contributed by atoms with van der Waals surface area (Å²) in [5.41, 5.74) is 29.0. The number of nitrogens with two attached hydrogens (primary N) is 5. The molecular weight excluding hydrogens is 1300 g/mol. The highest BCUT2D eigenvalue weighted by Crippen LogP contribution is 2.24. The van der Waals surface area contributed by atoms with E-state index < -0.39 is 205 Å². The van der Waals surface area contributed by atoms with Gasteiger partial charge in [-0.2, -0.15) is 11.8 Å². The Bertz CT molecular complexity index is 3200. The minimum atomic E-state index is -1.89. The third-order valence-corrected chi connectivity index (χ3v) is 17.0. The van der Waals surface area contributed by atoms with Crippen molar-refractivity contribution in [2.75, 3.05) is 31.7 Å². The van der Waals surface area contributed by atoms with Crippen LogP contribution in [-0.2, 0) is 78.3 Å². The second-order valence-corrected chi connectivity index (χ2v) is 24.9. The number of aliphatic hydroxyl groups excluding tert-OH is 1.